The first kappa shape index (κ1) is 8.77. The maximum atomic E-state index is 11.2. The predicted molar refractivity (Wildman–Crippen MR) is 44.7 cm³/mol. The van der Waals surface area contributed by atoms with Gasteiger partial charge in [0.05, 0.1) is 6.20 Å². The first-order valence-electron chi connectivity index (χ1n) is 3.83. The van der Waals surface area contributed by atoms with Crippen molar-refractivity contribution in [3.05, 3.63) is 12.0 Å². The van der Waals surface area contributed by atoms with E-state index in [0.717, 1.165) is 0 Å². The number of aryl methyl sites for hydroxylation is 1. The highest BCUT2D eigenvalue weighted by Crippen LogP contribution is 2.13. The average molecular weight is 168 g/mol. The third kappa shape index (κ3) is 1.84. The molecule has 1 aromatic heterocycles. The number of aromatic nitrogens is 1. The molecule has 0 saturated heterocycles. The van der Waals surface area contributed by atoms with Gasteiger partial charge in [0, 0.05) is 5.92 Å². The van der Waals surface area contributed by atoms with Crippen molar-refractivity contribution in [2.24, 2.45) is 5.92 Å². The molecule has 1 aromatic rings. The number of hydrogen-bond acceptors (Lipinski definition) is 3. The Bertz CT molecular complexity index is 278. The standard InChI is InChI=1S/C8H12N2O2/c1-5(2)8(11)10-7-4-9-12-6(7)3/h4-5H,1-3H3,(H,10,11). The molecule has 1 N–H and O–H groups in total. The maximum Gasteiger partial charge on any atom is 0.227 e. The molecule has 4 heteroatoms. The molecule has 1 amide bonds. The normalized spacial score (nSPS) is 10.3. The highest BCUT2D eigenvalue weighted by atomic mass is 16.5. The minimum Gasteiger partial charge on any atom is -0.359 e. The van der Waals surface area contributed by atoms with Crippen molar-refractivity contribution in [2.45, 2.75) is 20.8 Å². The van der Waals surface area contributed by atoms with Gasteiger partial charge in [0.15, 0.2) is 5.76 Å². The molecular formula is C8H12N2O2. The van der Waals surface area contributed by atoms with Crippen LogP contribution in [0, 0.1) is 12.8 Å². The highest BCUT2D eigenvalue weighted by Gasteiger charge is 2.10. The lowest BCUT2D eigenvalue weighted by atomic mass is 10.2. The molecular weight excluding hydrogens is 156 g/mol. The van der Waals surface area contributed by atoms with E-state index in [1.165, 1.54) is 6.20 Å². The summed E-state index contributed by atoms with van der Waals surface area (Å²) in [6.45, 7) is 5.42. The SMILES string of the molecule is Cc1oncc1NC(=O)C(C)C. The fourth-order valence-electron chi connectivity index (χ4n) is 0.696. The minimum atomic E-state index is -0.0284. The smallest absolute Gasteiger partial charge is 0.227 e. The molecule has 0 atom stereocenters. The summed E-state index contributed by atoms with van der Waals surface area (Å²) in [6, 6.07) is 0. The molecule has 0 saturated carbocycles. The van der Waals surface area contributed by atoms with Gasteiger partial charge in [-0.25, -0.2) is 0 Å². The minimum absolute atomic E-state index is 0.0266. The van der Waals surface area contributed by atoms with E-state index in [1.807, 2.05) is 13.8 Å². The number of carbonyl (C=O) groups is 1. The Morgan fingerprint density at radius 3 is 2.75 bits per heavy atom. The summed E-state index contributed by atoms with van der Waals surface area (Å²) >= 11 is 0. The summed E-state index contributed by atoms with van der Waals surface area (Å²) in [5.41, 5.74) is 0.647. The van der Waals surface area contributed by atoms with Gasteiger partial charge in [-0.15, -0.1) is 0 Å². The van der Waals surface area contributed by atoms with Crippen LogP contribution in [-0.2, 0) is 4.79 Å². The van der Waals surface area contributed by atoms with E-state index < -0.39 is 0 Å². The Morgan fingerprint density at radius 1 is 1.67 bits per heavy atom. The fourth-order valence-corrected chi connectivity index (χ4v) is 0.696. The Hall–Kier alpha value is -1.32. The van der Waals surface area contributed by atoms with E-state index in [0.29, 0.717) is 11.4 Å². The molecule has 0 aromatic carbocycles. The van der Waals surface area contributed by atoms with Gasteiger partial charge in [-0.1, -0.05) is 19.0 Å². The largest absolute Gasteiger partial charge is 0.359 e. The molecule has 4 nitrogen and oxygen atoms in total. The molecule has 1 heterocycles. The van der Waals surface area contributed by atoms with Gasteiger partial charge in [-0.05, 0) is 6.92 Å². The molecule has 66 valence electrons. The van der Waals surface area contributed by atoms with Crippen LogP contribution in [0.15, 0.2) is 10.7 Å². The molecule has 1 rings (SSSR count). The summed E-state index contributed by atoms with van der Waals surface area (Å²) in [5.74, 6) is 0.574. The van der Waals surface area contributed by atoms with Crippen LogP contribution in [0.25, 0.3) is 0 Å². The summed E-state index contributed by atoms with van der Waals surface area (Å²) < 4.78 is 4.78. The van der Waals surface area contributed by atoms with Gasteiger partial charge < -0.3 is 9.84 Å². The Kier molecular flexibility index (Phi) is 2.47. The summed E-state index contributed by atoms with van der Waals surface area (Å²) in [7, 11) is 0. The Morgan fingerprint density at radius 2 is 2.33 bits per heavy atom. The van der Waals surface area contributed by atoms with Crippen LogP contribution in [0.5, 0.6) is 0 Å². The van der Waals surface area contributed by atoms with Crippen molar-refractivity contribution in [1.29, 1.82) is 0 Å². The van der Waals surface area contributed by atoms with E-state index in [1.54, 1.807) is 6.92 Å². The van der Waals surface area contributed by atoms with Gasteiger partial charge >= 0.3 is 0 Å². The topological polar surface area (TPSA) is 55.1 Å². The molecule has 12 heavy (non-hydrogen) atoms. The zero-order valence-electron chi connectivity index (χ0n) is 7.42. The number of nitrogens with one attached hydrogen (secondary N) is 1. The second kappa shape index (κ2) is 3.38. The van der Waals surface area contributed by atoms with Crippen molar-refractivity contribution < 1.29 is 9.32 Å². The summed E-state index contributed by atoms with van der Waals surface area (Å²) in [5, 5.41) is 6.24. The quantitative estimate of drug-likeness (QED) is 0.729. The van der Waals surface area contributed by atoms with Crippen LogP contribution >= 0.6 is 0 Å². The van der Waals surface area contributed by atoms with Crippen molar-refractivity contribution >= 4 is 11.6 Å². The van der Waals surface area contributed by atoms with Gasteiger partial charge in [0.1, 0.15) is 5.69 Å². The van der Waals surface area contributed by atoms with Gasteiger partial charge in [-0.2, -0.15) is 0 Å². The van der Waals surface area contributed by atoms with Crippen LogP contribution in [0.3, 0.4) is 0 Å². The fraction of sp³-hybridized carbons (Fsp3) is 0.500. The number of amides is 1. The molecule has 0 unspecified atom stereocenters. The van der Waals surface area contributed by atoms with Crippen LogP contribution in [-0.4, -0.2) is 11.1 Å². The molecule has 0 bridgehead atoms. The first-order valence-corrected chi connectivity index (χ1v) is 3.83. The first-order chi connectivity index (χ1) is 5.61. The van der Waals surface area contributed by atoms with Crippen LogP contribution in [0.2, 0.25) is 0 Å². The van der Waals surface area contributed by atoms with E-state index in [2.05, 4.69) is 10.5 Å². The summed E-state index contributed by atoms with van der Waals surface area (Å²) in [4.78, 5) is 11.2. The van der Waals surface area contributed by atoms with Crippen molar-refractivity contribution in [3.63, 3.8) is 0 Å². The summed E-state index contributed by atoms with van der Waals surface area (Å²) in [6.07, 6.45) is 1.50. The van der Waals surface area contributed by atoms with Gasteiger partial charge in [-0.3, -0.25) is 4.79 Å². The number of carbonyl (C=O) groups excluding carboxylic acids is 1. The molecule has 0 spiro atoms. The lowest BCUT2D eigenvalue weighted by Crippen LogP contribution is -2.17. The lowest BCUT2D eigenvalue weighted by molar-refractivity contribution is -0.118. The van der Waals surface area contributed by atoms with Gasteiger partial charge in [0.25, 0.3) is 0 Å². The second-order valence-electron chi connectivity index (χ2n) is 2.94. The lowest BCUT2D eigenvalue weighted by Gasteiger charge is -2.04. The zero-order chi connectivity index (χ0) is 9.14. The molecule has 0 aliphatic rings. The van der Waals surface area contributed by atoms with Gasteiger partial charge in [0.2, 0.25) is 5.91 Å². The zero-order valence-corrected chi connectivity index (χ0v) is 7.42. The van der Waals surface area contributed by atoms with E-state index >= 15 is 0 Å². The van der Waals surface area contributed by atoms with Crippen molar-refractivity contribution in [3.8, 4) is 0 Å². The van der Waals surface area contributed by atoms with Crippen LogP contribution < -0.4 is 5.32 Å². The monoisotopic (exact) mass is 168 g/mol. The number of rotatable bonds is 2. The maximum absolute atomic E-state index is 11.2. The number of hydrogen-bond donors (Lipinski definition) is 1. The van der Waals surface area contributed by atoms with Crippen molar-refractivity contribution in [2.75, 3.05) is 5.32 Å². The molecule has 0 radical (unpaired) electrons. The van der Waals surface area contributed by atoms with E-state index in [9.17, 15) is 4.79 Å². The third-order valence-electron chi connectivity index (χ3n) is 1.53. The third-order valence-corrected chi connectivity index (χ3v) is 1.53. The highest BCUT2D eigenvalue weighted by molar-refractivity contribution is 5.92. The predicted octanol–water partition coefficient (Wildman–Crippen LogP) is 1.58. The number of nitrogens with zero attached hydrogens (tertiary/aromatic N) is 1. The molecule has 0 fully saturated rings. The van der Waals surface area contributed by atoms with Crippen LogP contribution in [0.4, 0.5) is 5.69 Å². The number of anilines is 1. The van der Waals surface area contributed by atoms with E-state index in [4.69, 9.17) is 4.52 Å². The van der Waals surface area contributed by atoms with E-state index in [-0.39, 0.29) is 11.8 Å². The Labute approximate surface area is 70.9 Å². The van der Waals surface area contributed by atoms with Crippen LogP contribution in [0.1, 0.15) is 19.6 Å². The molecule has 0 aliphatic heterocycles. The molecule has 0 aliphatic carbocycles. The second-order valence-corrected chi connectivity index (χ2v) is 2.94. The Balaban J connectivity index is 2.64. The average Bonchev–Trinajstić information content (AvgIpc) is 2.36. The van der Waals surface area contributed by atoms with Crippen molar-refractivity contribution in [1.82, 2.24) is 5.16 Å².